The summed E-state index contributed by atoms with van der Waals surface area (Å²) < 4.78 is 5.38. The maximum absolute atomic E-state index is 5.73. The lowest BCUT2D eigenvalue weighted by Gasteiger charge is -2.34. The molecule has 0 radical (unpaired) electrons. The van der Waals surface area contributed by atoms with Gasteiger partial charge >= 0.3 is 0 Å². The number of aromatic nitrogens is 2. The maximum atomic E-state index is 5.73. The zero-order valence-electron chi connectivity index (χ0n) is 10.6. The molecule has 7 heteroatoms. The van der Waals surface area contributed by atoms with Crippen LogP contribution in [0.3, 0.4) is 0 Å². The zero-order valence-corrected chi connectivity index (χ0v) is 10.6. The van der Waals surface area contributed by atoms with Crippen molar-refractivity contribution in [3.05, 3.63) is 17.6 Å². The number of ether oxygens (including phenoxy) is 1. The van der Waals surface area contributed by atoms with Crippen molar-refractivity contribution in [2.75, 3.05) is 30.5 Å². The van der Waals surface area contributed by atoms with Gasteiger partial charge in [-0.05, 0) is 31.9 Å². The van der Waals surface area contributed by atoms with E-state index in [-0.39, 0.29) is 0 Å². The van der Waals surface area contributed by atoms with Crippen LogP contribution < -0.4 is 22.1 Å². The maximum Gasteiger partial charge on any atom is 0.190 e. The number of nitrogens with zero attached hydrogens (tertiary/aromatic N) is 4. The second-order valence-electron chi connectivity index (χ2n) is 4.25. The van der Waals surface area contributed by atoms with Crippen molar-refractivity contribution in [2.24, 2.45) is 10.9 Å². The average Bonchev–Trinajstić information content (AvgIpc) is 2.41. The summed E-state index contributed by atoms with van der Waals surface area (Å²) in [6, 6.07) is 4.12. The summed E-state index contributed by atoms with van der Waals surface area (Å²) in [4.78, 5) is 3.45. The molecule has 0 aliphatic carbocycles. The average molecular weight is 252 g/mol. The highest BCUT2D eigenvalue weighted by Crippen LogP contribution is 2.19. The Kier molecular flexibility index (Phi) is 4.03. The van der Waals surface area contributed by atoms with E-state index >= 15 is 0 Å². The van der Waals surface area contributed by atoms with Crippen LogP contribution in [-0.4, -0.2) is 35.7 Å². The molecule has 2 rings (SSSR count). The summed E-state index contributed by atoms with van der Waals surface area (Å²) in [5, 5.41) is 7.84. The fraction of sp³-hybridized carbons (Fsp3) is 0.636. The van der Waals surface area contributed by atoms with E-state index in [1.54, 1.807) is 6.07 Å². The fourth-order valence-corrected chi connectivity index (χ4v) is 2.28. The standard InChI is InChI=1S/C11H20N6O/c1-2-16(9-5-7-18-8-6-9)11-4-3-10(14-12)17(13)15-11/h3-4,9H,2,5-8,12-13H2,1H3/b14-10-. The molecule has 0 atom stereocenters. The van der Waals surface area contributed by atoms with Gasteiger partial charge in [0.15, 0.2) is 11.3 Å². The van der Waals surface area contributed by atoms with Crippen LogP contribution in [0.25, 0.3) is 0 Å². The summed E-state index contributed by atoms with van der Waals surface area (Å²) in [6.07, 6.45) is 2.03. The van der Waals surface area contributed by atoms with Crippen LogP contribution in [0.5, 0.6) is 0 Å². The molecule has 18 heavy (non-hydrogen) atoms. The Hall–Kier alpha value is -1.76. The smallest absolute Gasteiger partial charge is 0.190 e. The number of anilines is 1. The minimum absolute atomic E-state index is 0.446. The molecule has 4 N–H and O–H groups in total. The Morgan fingerprint density at radius 3 is 2.78 bits per heavy atom. The molecule has 1 fully saturated rings. The summed E-state index contributed by atoms with van der Waals surface area (Å²) in [5.41, 5.74) is 0.446. The minimum Gasteiger partial charge on any atom is -0.381 e. The number of nitrogen functional groups attached to an aromatic ring is 1. The van der Waals surface area contributed by atoms with E-state index in [9.17, 15) is 0 Å². The summed E-state index contributed by atoms with van der Waals surface area (Å²) in [5.74, 6) is 11.8. The summed E-state index contributed by atoms with van der Waals surface area (Å²) >= 11 is 0. The van der Waals surface area contributed by atoms with Gasteiger partial charge < -0.3 is 21.3 Å². The molecule has 1 saturated heterocycles. The quantitative estimate of drug-likeness (QED) is 0.552. The fourth-order valence-electron chi connectivity index (χ4n) is 2.28. The predicted octanol–water partition coefficient (Wildman–Crippen LogP) is -0.623. The van der Waals surface area contributed by atoms with Crippen molar-refractivity contribution < 1.29 is 4.74 Å². The van der Waals surface area contributed by atoms with Crippen molar-refractivity contribution in [2.45, 2.75) is 25.8 Å². The molecule has 0 saturated carbocycles. The summed E-state index contributed by atoms with van der Waals surface area (Å²) in [6.45, 7) is 4.61. The molecule has 0 spiro atoms. The van der Waals surface area contributed by atoms with E-state index < -0.39 is 0 Å². The molecule has 1 aliphatic heterocycles. The molecule has 0 bridgehead atoms. The van der Waals surface area contributed by atoms with Gasteiger partial charge in [0.25, 0.3) is 0 Å². The van der Waals surface area contributed by atoms with Crippen molar-refractivity contribution in [1.29, 1.82) is 0 Å². The molecule has 7 nitrogen and oxygen atoms in total. The van der Waals surface area contributed by atoms with E-state index in [4.69, 9.17) is 16.4 Å². The Morgan fingerprint density at radius 2 is 2.22 bits per heavy atom. The zero-order chi connectivity index (χ0) is 13.0. The van der Waals surface area contributed by atoms with Crippen molar-refractivity contribution in [1.82, 2.24) is 9.89 Å². The molecular weight excluding hydrogens is 232 g/mol. The second kappa shape index (κ2) is 5.72. The first-order chi connectivity index (χ1) is 8.76. The Balaban J connectivity index is 2.24. The van der Waals surface area contributed by atoms with Crippen molar-refractivity contribution in [3.63, 3.8) is 0 Å². The topological polar surface area (TPSA) is 94.7 Å². The Bertz CT molecular complexity index is 451. The largest absolute Gasteiger partial charge is 0.381 e. The summed E-state index contributed by atoms with van der Waals surface area (Å²) in [7, 11) is 0. The number of nitrogens with two attached hydrogens (primary N) is 2. The van der Waals surface area contributed by atoms with Crippen LogP contribution in [0, 0.1) is 0 Å². The Labute approximate surface area is 106 Å². The monoisotopic (exact) mass is 252 g/mol. The van der Waals surface area contributed by atoms with E-state index in [0.717, 1.165) is 38.4 Å². The first-order valence-corrected chi connectivity index (χ1v) is 6.20. The van der Waals surface area contributed by atoms with E-state index in [2.05, 4.69) is 22.0 Å². The lowest BCUT2D eigenvalue weighted by atomic mass is 10.1. The first-order valence-electron chi connectivity index (χ1n) is 6.20. The highest BCUT2D eigenvalue weighted by atomic mass is 16.5. The van der Waals surface area contributed by atoms with Gasteiger partial charge in [0.2, 0.25) is 0 Å². The van der Waals surface area contributed by atoms with Gasteiger partial charge in [-0.25, -0.2) is 0 Å². The lowest BCUT2D eigenvalue weighted by Crippen LogP contribution is -2.42. The van der Waals surface area contributed by atoms with Crippen molar-refractivity contribution in [3.8, 4) is 0 Å². The van der Waals surface area contributed by atoms with E-state index in [0.29, 0.717) is 11.5 Å². The molecule has 100 valence electrons. The van der Waals surface area contributed by atoms with Gasteiger partial charge in [0, 0.05) is 25.8 Å². The highest BCUT2D eigenvalue weighted by Gasteiger charge is 2.21. The third kappa shape index (κ3) is 2.56. The minimum atomic E-state index is 0.446. The van der Waals surface area contributed by atoms with Gasteiger partial charge in [0.1, 0.15) is 0 Å². The van der Waals surface area contributed by atoms with E-state index in [1.807, 2.05) is 6.07 Å². The molecule has 0 amide bonds. The predicted molar refractivity (Wildman–Crippen MR) is 69.0 cm³/mol. The van der Waals surface area contributed by atoms with Crippen LogP contribution >= 0.6 is 0 Å². The lowest BCUT2D eigenvalue weighted by molar-refractivity contribution is 0.0844. The van der Waals surface area contributed by atoms with Gasteiger partial charge in [-0.2, -0.15) is 9.89 Å². The second-order valence-corrected chi connectivity index (χ2v) is 4.25. The number of rotatable bonds is 3. The van der Waals surface area contributed by atoms with Gasteiger partial charge in [-0.15, -0.1) is 5.10 Å². The molecule has 1 aromatic heterocycles. The molecule has 1 aliphatic rings. The first kappa shape index (κ1) is 12.7. The molecule has 1 aromatic rings. The Morgan fingerprint density at radius 1 is 1.50 bits per heavy atom. The third-order valence-electron chi connectivity index (χ3n) is 3.23. The molecule has 0 unspecified atom stereocenters. The number of hydrogen-bond acceptors (Lipinski definition) is 6. The van der Waals surface area contributed by atoms with Crippen LogP contribution in [-0.2, 0) is 4.74 Å². The molecule has 2 heterocycles. The van der Waals surface area contributed by atoms with Crippen LogP contribution in [0.2, 0.25) is 0 Å². The third-order valence-corrected chi connectivity index (χ3v) is 3.23. The van der Waals surface area contributed by atoms with Gasteiger partial charge in [0.05, 0.1) is 0 Å². The van der Waals surface area contributed by atoms with Crippen LogP contribution in [0.1, 0.15) is 19.8 Å². The SMILES string of the molecule is CCN(c1cc/c(=N/N)n(N)n1)C1CCOCC1. The van der Waals surface area contributed by atoms with Gasteiger partial charge in [-0.1, -0.05) is 0 Å². The van der Waals surface area contributed by atoms with Crippen LogP contribution in [0.4, 0.5) is 5.82 Å². The highest BCUT2D eigenvalue weighted by molar-refractivity contribution is 5.37. The molecule has 0 aromatic carbocycles. The van der Waals surface area contributed by atoms with Gasteiger partial charge in [-0.3, -0.25) is 0 Å². The van der Waals surface area contributed by atoms with E-state index in [1.165, 1.54) is 4.79 Å². The molecular formula is C11H20N6O. The van der Waals surface area contributed by atoms with Crippen molar-refractivity contribution >= 4 is 5.82 Å². The normalized spacial score (nSPS) is 17.9. The number of hydrogen-bond donors (Lipinski definition) is 2. The van der Waals surface area contributed by atoms with Crippen LogP contribution in [0.15, 0.2) is 17.2 Å².